The summed E-state index contributed by atoms with van der Waals surface area (Å²) in [5.74, 6) is 0.233. The van der Waals surface area contributed by atoms with E-state index in [4.69, 9.17) is 0 Å². The zero-order valence-corrected chi connectivity index (χ0v) is 14.0. The minimum Gasteiger partial charge on any atom is -0.360 e. The Morgan fingerprint density at radius 2 is 1.93 bits per heavy atom. The van der Waals surface area contributed by atoms with Gasteiger partial charge in [0.1, 0.15) is 11.6 Å². The predicted octanol–water partition coefficient (Wildman–Crippen LogP) is 2.42. The third kappa shape index (κ3) is 3.40. The van der Waals surface area contributed by atoms with E-state index in [0.717, 1.165) is 22.6 Å². The smallest absolute Gasteiger partial charge is 0.216 e. The zero-order chi connectivity index (χ0) is 18.5. The van der Waals surface area contributed by atoms with Crippen molar-refractivity contribution in [2.75, 3.05) is 5.32 Å². The molecule has 0 bridgehead atoms. The number of aromatic nitrogens is 7. The molecule has 0 amide bonds. The summed E-state index contributed by atoms with van der Waals surface area (Å²) >= 11 is 0. The molecule has 2 aromatic heterocycles. The SMILES string of the molecule is N#CC(=CNc1ccc(-n2nncc2-c2ccccc2)cc1)c1nn[nH]n1. The van der Waals surface area contributed by atoms with Gasteiger partial charge >= 0.3 is 0 Å². The van der Waals surface area contributed by atoms with E-state index in [0.29, 0.717) is 0 Å². The van der Waals surface area contributed by atoms with E-state index in [1.807, 2.05) is 60.7 Å². The molecule has 0 saturated carbocycles. The number of benzene rings is 2. The molecule has 9 nitrogen and oxygen atoms in total. The maximum absolute atomic E-state index is 9.19. The number of hydrogen-bond donors (Lipinski definition) is 2. The van der Waals surface area contributed by atoms with E-state index >= 15 is 0 Å². The van der Waals surface area contributed by atoms with Crippen molar-refractivity contribution in [2.45, 2.75) is 0 Å². The fourth-order valence-electron chi connectivity index (χ4n) is 2.51. The second-order valence-electron chi connectivity index (χ2n) is 5.49. The number of anilines is 1. The lowest BCUT2D eigenvalue weighted by Crippen LogP contribution is -2.00. The normalized spacial score (nSPS) is 11.1. The first-order chi connectivity index (χ1) is 13.3. The lowest BCUT2D eigenvalue weighted by Gasteiger charge is -2.07. The Morgan fingerprint density at radius 1 is 1.11 bits per heavy atom. The van der Waals surface area contributed by atoms with Crippen LogP contribution in [-0.2, 0) is 0 Å². The molecule has 0 atom stereocenters. The van der Waals surface area contributed by atoms with Gasteiger partial charge < -0.3 is 5.32 Å². The van der Waals surface area contributed by atoms with Gasteiger partial charge in [-0.25, -0.2) is 4.68 Å². The molecule has 0 aliphatic heterocycles. The van der Waals surface area contributed by atoms with Crippen molar-refractivity contribution in [1.82, 2.24) is 35.6 Å². The van der Waals surface area contributed by atoms with Crippen LogP contribution in [0.5, 0.6) is 0 Å². The van der Waals surface area contributed by atoms with Crippen LogP contribution in [0.15, 0.2) is 67.0 Å². The van der Waals surface area contributed by atoms with E-state index < -0.39 is 0 Å². The Balaban J connectivity index is 1.56. The van der Waals surface area contributed by atoms with Crippen LogP contribution >= 0.6 is 0 Å². The van der Waals surface area contributed by atoms with Crippen LogP contribution < -0.4 is 5.32 Å². The van der Waals surface area contributed by atoms with E-state index in [1.165, 1.54) is 6.20 Å². The second kappa shape index (κ2) is 7.28. The molecule has 130 valence electrons. The first-order valence-electron chi connectivity index (χ1n) is 8.02. The van der Waals surface area contributed by atoms with Gasteiger partial charge in [0.05, 0.1) is 17.6 Å². The number of hydrogen-bond acceptors (Lipinski definition) is 7. The highest BCUT2D eigenvalue weighted by Gasteiger charge is 2.09. The highest BCUT2D eigenvalue weighted by molar-refractivity contribution is 5.74. The van der Waals surface area contributed by atoms with Crippen molar-refractivity contribution >= 4 is 11.3 Å². The fourth-order valence-corrected chi connectivity index (χ4v) is 2.51. The topological polar surface area (TPSA) is 121 Å². The van der Waals surface area contributed by atoms with Crippen LogP contribution in [0.3, 0.4) is 0 Å². The van der Waals surface area contributed by atoms with Gasteiger partial charge in [0, 0.05) is 17.5 Å². The molecule has 2 aromatic carbocycles. The van der Waals surface area contributed by atoms with Crippen LogP contribution in [0.1, 0.15) is 5.82 Å². The van der Waals surface area contributed by atoms with E-state index in [9.17, 15) is 5.26 Å². The first-order valence-corrected chi connectivity index (χ1v) is 8.02. The molecule has 0 aliphatic carbocycles. The Bertz CT molecular complexity index is 1090. The quantitative estimate of drug-likeness (QED) is 0.527. The average molecular weight is 355 g/mol. The highest BCUT2D eigenvalue weighted by atomic mass is 15.5. The summed E-state index contributed by atoms with van der Waals surface area (Å²) in [5.41, 5.74) is 3.89. The standard InChI is InChI=1S/C18H13N9/c19-10-14(18-22-24-25-23-18)11-20-15-6-8-16(9-7-15)27-17(12-21-26-27)13-4-2-1-3-5-13/h1-9,11-12,20H,(H,22,23,24,25). The monoisotopic (exact) mass is 355 g/mol. The van der Waals surface area contributed by atoms with Gasteiger partial charge in [-0.15, -0.1) is 15.3 Å². The number of allylic oxidation sites excluding steroid dienone is 1. The molecule has 2 N–H and O–H groups in total. The van der Waals surface area contributed by atoms with Gasteiger partial charge in [0.2, 0.25) is 5.82 Å². The number of aromatic amines is 1. The lowest BCUT2D eigenvalue weighted by molar-refractivity contribution is 0.808. The molecule has 2 heterocycles. The average Bonchev–Trinajstić information content (AvgIpc) is 3.42. The van der Waals surface area contributed by atoms with Crippen molar-refractivity contribution < 1.29 is 0 Å². The number of tetrazole rings is 1. The molecule has 0 unspecified atom stereocenters. The highest BCUT2D eigenvalue weighted by Crippen LogP contribution is 2.22. The molecule has 27 heavy (non-hydrogen) atoms. The molecule has 0 aliphatic rings. The Morgan fingerprint density at radius 3 is 2.63 bits per heavy atom. The van der Waals surface area contributed by atoms with Crippen molar-refractivity contribution in [3.63, 3.8) is 0 Å². The maximum atomic E-state index is 9.19. The molecule has 0 radical (unpaired) electrons. The number of nitriles is 1. The Labute approximate surface area is 154 Å². The fraction of sp³-hybridized carbons (Fsp3) is 0. The van der Waals surface area contributed by atoms with Crippen molar-refractivity contribution in [3.8, 4) is 23.0 Å². The van der Waals surface area contributed by atoms with Crippen molar-refractivity contribution in [1.29, 1.82) is 5.26 Å². The van der Waals surface area contributed by atoms with Crippen LogP contribution in [0.25, 0.3) is 22.5 Å². The third-order valence-electron chi connectivity index (χ3n) is 3.82. The maximum Gasteiger partial charge on any atom is 0.216 e. The van der Waals surface area contributed by atoms with Crippen LogP contribution in [0.4, 0.5) is 5.69 Å². The molecular weight excluding hydrogens is 342 g/mol. The number of H-pyrrole nitrogens is 1. The van der Waals surface area contributed by atoms with Crippen molar-refractivity contribution in [3.05, 3.63) is 72.8 Å². The summed E-state index contributed by atoms with van der Waals surface area (Å²) in [6.45, 7) is 0. The number of rotatable bonds is 5. The Kier molecular flexibility index (Phi) is 4.36. The van der Waals surface area contributed by atoms with E-state index in [2.05, 4.69) is 36.3 Å². The van der Waals surface area contributed by atoms with Crippen LogP contribution in [0.2, 0.25) is 0 Å². The molecule has 9 heteroatoms. The molecule has 0 fully saturated rings. The predicted molar refractivity (Wildman–Crippen MR) is 98.2 cm³/mol. The summed E-state index contributed by atoms with van der Waals surface area (Å²) in [5, 5.41) is 33.8. The zero-order valence-electron chi connectivity index (χ0n) is 14.0. The lowest BCUT2D eigenvalue weighted by atomic mass is 10.1. The molecule has 4 rings (SSSR count). The van der Waals surface area contributed by atoms with Crippen LogP contribution in [-0.4, -0.2) is 35.6 Å². The van der Waals surface area contributed by atoms with Gasteiger partial charge in [-0.3, -0.25) is 0 Å². The second-order valence-corrected chi connectivity index (χ2v) is 5.49. The van der Waals surface area contributed by atoms with Gasteiger partial charge in [-0.05, 0) is 29.5 Å². The van der Waals surface area contributed by atoms with Gasteiger partial charge in [0.15, 0.2) is 0 Å². The number of nitrogens with one attached hydrogen (secondary N) is 2. The molecule has 0 saturated heterocycles. The van der Waals surface area contributed by atoms with Crippen molar-refractivity contribution in [2.24, 2.45) is 0 Å². The van der Waals surface area contributed by atoms with E-state index in [1.54, 1.807) is 10.9 Å². The van der Waals surface area contributed by atoms with Crippen LogP contribution in [0, 0.1) is 11.3 Å². The Hall–Kier alpha value is -4.32. The minimum absolute atomic E-state index is 0.233. The third-order valence-corrected chi connectivity index (χ3v) is 3.82. The van der Waals surface area contributed by atoms with Gasteiger partial charge in [0.25, 0.3) is 0 Å². The molecule has 4 aromatic rings. The molecule has 0 spiro atoms. The minimum atomic E-state index is 0.233. The van der Waals surface area contributed by atoms with Gasteiger partial charge in [-0.1, -0.05) is 35.5 Å². The largest absolute Gasteiger partial charge is 0.360 e. The number of nitrogens with zero attached hydrogens (tertiary/aromatic N) is 7. The van der Waals surface area contributed by atoms with Gasteiger partial charge in [-0.2, -0.15) is 10.5 Å². The summed E-state index contributed by atoms with van der Waals surface area (Å²) < 4.78 is 1.77. The van der Waals surface area contributed by atoms with E-state index in [-0.39, 0.29) is 11.4 Å². The first kappa shape index (κ1) is 16.2. The molecular formula is C18H13N9. The summed E-state index contributed by atoms with van der Waals surface area (Å²) in [6.07, 6.45) is 3.26. The summed E-state index contributed by atoms with van der Waals surface area (Å²) in [4.78, 5) is 0. The summed E-state index contributed by atoms with van der Waals surface area (Å²) in [6, 6.07) is 19.6. The summed E-state index contributed by atoms with van der Waals surface area (Å²) in [7, 11) is 0.